The number of halogens is 2. The van der Waals surface area contributed by atoms with Crippen molar-refractivity contribution >= 4 is 13.6 Å². The number of hydrogen-bond acceptors (Lipinski definition) is 5. The number of rotatable bonds is 5. The first kappa shape index (κ1) is 14.0. The van der Waals surface area contributed by atoms with E-state index in [1.54, 1.807) is 0 Å². The Labute approximate surface area is 85.2 Å². The molecule has 0 N–H and O–H groups in total. The Hall–Kier alpha value is -0.960. The SMILES string of the molecule is C#CCOC(=O)C(F)(F)P(=O)(OC)OC. The molecule has 0 saturated heterocycles. The molecule has 5 nitrogen and oxygen atoms in total. The molecule has 86 valence electrons. The molecule has 8 heteroatoms. The molecule has 0 aromatic heterocycles. The highest BCUT2D eigenvalue weighted by molar-refractivity contribution is 7.56. The summed E-state index contributed by atoms with van der Waals surface area (Å²) in [4.78, 5) is 10.8. The first-order valence-electron chi connectivity index (χ1n) is 3.55. The van der Waals surface area contributed by atoms with Crippen molar-refractivity contribution in [3.63, 3.8) is 0 Å². The second-order valence-electron chi connectivity index (χ2n) is 2.18. The van der Waals surface area contributed by atoms with Crippen molar-refractivity contribution in [1.29, 1.82) is 0 Å². The van der Waals surface area contributed by atoms with Gasteiger partial charge in [0.2, 0.25) is 0 Å². The van der Waals surface area contributed by atoms with Crippen LogP contribution >= 0.6 is 7.60 Å². The predicted octanol–water partition coefficient (Wildman–Crippen LogP) is 1.24. The van der Waals surface area contributed by atoms with E-state index >= 15 is 0 Å². The Morgan fingerprint density at radius 2 is 1.93 bits per heavy atom. The van der Waals surface area contributed by atoms with E-state index in [0.29, 0.717) is 0 Å². The Kier molecular flexibility index (Phi) is 4.88. The van der Waals surface area contributed by atoms with Gasteiger partial charge in [-0.15, -0.1) is 6.42 Å². The average Bonchev–Trinajstić information content (AvgIpc) is 2.24. The van der Waals surface area contributed by atoms with Crippen LogP contribution in [0.25, 0.3) is 0 Å². The molecule has 0 heterocycles. The minimum absolute atomic E-state index is 0.651. The van der Waals surface area contributed by atoms with Gasteiger partial charge >= 0.3 is 19.2 Å². The van der Waals surface area contributed by atoms with Crippen LogP contribution in [0, 0.1) is 12.3 Å². The molecule has 0 fully saturated rings. The number of carbonyl (C=O) groups is 1. The predicted molar refractivity (Wildman–Crippen MR) is 46.4 cm³/mol. The number of alkyl halides is 2. The fourth-order valence-corrected chi connectivity index (χ4v) is 1.51. The normalized spacial score (nSPS) is 11.9. The van der Waals surface area contributed by atoms with Crippen LogP contribution in [0.2, 0.25) is 0 Å². The van der Waals surface area contributed by atoms with Crippen molar-refractivity contribution in [3.05, 3.63) is 0 Å². The highest BCUT2D eigenvalue weighted by Gasteiger charge is 2.60. The van der Waals surface area contributed by atoms with E-state index in [1.807, 2.05) is 5.92 Å². The van der Waals surface area contributed by atoms with Crippen LogP contribution in [0.5, 0.6) is 0 Å². The summed E-state index contributed by atoms with van der Waals surface area (Å²) in [6.45, 7) is -0.651. The lowest BCUT2D eigenvalue weighted by molar-refractivity contribution is -0.161. The van der Waals surface area contributed by atoms with Gasteiger partial charge in [0.05, 0.1) is 0 Å². The molecule has 0 bridgehead atoms. The number of hydrogen-bond donors (Lipinski definition) is 0. The minimum atomic E-state index is -4.86. The zero-order chi connectivity index (χ0) is 12.1. The van der Waals surface area contributed by atoms with Gasteiger partial charge in [0, 0.05) is 14.2 Å². The van der Waals surface area contributed by atoms with Gasteiger partial charge in [-0.3, -0.25) is 4.57 Å². The summed E-state index contributed by atoms with van der Waals surface area (Å²) < 4.78 is 49.4. The quantitative estimate of drug-likeness (QED) is 0.412. The van der Waals surface area contributed by atoms with E-state index in [1.165, 1.54) is 0 Å². The van der Waals surface area contributed by atoms with Crippen molar-refractivity contribution < 1.29 is 31.9 Å². The topological polar surface area (TPSA) is 61.8 Å². The highest BCUT2D eigenvalue weighted by Crippen LogP contribution is 2.61. The minimum Gasteiger partial charge on any atom is -0.448 e. The van der Waals surface area contributed by atoms with Crippen molar-refractivity contribution in [3.8, 4) is 12.3 Å². The van der Waals surface area contributed by atoms with Gasteiger partial charge in [-0.2, -0.15) is 8.78 Å². The maximum absolute atomic E-state index is 13.1. The Morgan fingerprint density at radius 3 is 2.27 bits per heavy atom. The largest absolute Gasteiger partial charge is 0.448 e. The summed E-state index contributed by atoms with van der Waals surface area (Å²) >= 11 is 0. The molecule has 0 aromatic rings. The van der Waals surface area contributed by atoms with E-state index in [4.69, 9.17) is 6.42 Å². The monoisotopic (exact) mass is 242 g/mol. The van der Waals surface area contributed by atoms with Crippen molar-refractivity contribution in [2.24, 2.45) is 0 Å². The highest BCUT2D eigenvalue weighted by atomic mass is 31.2. The van der Waals surface area contributed by atoms with Crippen LogP contribution in [0.4, 0.5) is 8.78 Å². The summed E-state index contributed by atoms with van der Waals surface area (Å²) in [7, 11) is -3.40. The van der Waals surface area contributed by atoms with Crippen LogP contribution in [0.3, 0.4) is 0 Å². The van der Waals surface area contributed by atoms with Crippen molar-refractivity contribution in [1.82, 2.24) is 0 Å². The molecule has 0 aliphatic heterocycles. The molecular formula is C7H9F2O5P. The first-order valence-corrected chi connectivity index (χ1v) is 5.10. The summed E-state index contributed by atoms with van der Waals surface area (Å²) in [6, 6.07) is 0. The number of carbonyl (C=O) groups excluding carboxylic acids is 1. The molecule has 15 heavy (non-hydrogen) atoms. The van der Waals surface area contributed by atoms with Gasteiger partial charge in [0.25, 0.3) is 0 Å². The van der Waals surface area contributed by atoms with Gasteiger partial charge < -0.3 is 13.8 Å². The average molecular weight is 242 g/mol. The molecular weight excluding hydrogens is 233 g/mol. The summed E-state index contributed by atoms with van der Waals surface area (Å²) in [5.74, 6) is -0.238. The summed E-state index contributed by atoms with van der Waals surface area (Å²) in [5.41, 5.74) is -4.38. The number of esters is 1. The second kappa shape index (κ2) is 5.21. The lowest BCUT2D eigenvalue weighted by atomic mass is 10.7. The molecule has 0 radical (unpaired) electrons. The Morgan fingerprint density at radius 1 is 1.47 bits per heavy atom. The molecule has 0 aromatic carbocycles. The van der Waals surface area contributed by atoms with E-state index in [-0.39, 0.29) is 0 Å². The maximum Gasteiger partial charge on any atom is 0.440 e. The van der Waals surface area contributed by atoms with Gasteiger partial charge in [0.1, 0.15) is 0 Å². The number of terminal acetylenes is 1. The third-order valence-corrected chi connectivity index (χ3v) is 3.19. The van der Waals surface area contributed by atoms with Gasteiger partial charge in [0.15, 0.2) is 6.61 Å². The molecule has 0 amide bonds. The van der Waals surface area contributed by atoms with Crippen LogP contribution in [-0.2, 0) is 23.1 Å². The fraction of sp³-hybridized carbons (Fsp3) is 0.571. The van der Waals surface area contributed by atoms with Crippen LogP contribution in [0.15, 0.2) is 0 Å². The zero-order valence-corrected chi connectivity index (χ0v) is 8.92. The van der Waals surface area contributed by atoms with Crippen molar-refractivity contribution in [2.75, 3.05) is 20.8 Å². The maximum atomic E-state index is 13.1. The molecule has 0 aliphatic carbocycles. The summed E-state index contributed by atoms with van der Waals surface area (Å²) in [5, 5.41) is 0. The molecule has 0 rings (SSSR count). The molecule has 0 atom stereocenters. The Balaban J connectivity index is 4.88. The molecule has 0 saturated carbocycles. The second-order valence-corrected chi connectivity index (χ2v) is 4.47. The fourth-order valence-electron chi connectivity index (χ4n) is 0.610. The Bertz CT molecular complexity index is 314. The van der Waals surface area contributed by atoms with Crippen LogP contribution in [0.1, 0.15) is 0 Å². The van der Waals surface area contributed by atoms with Gasteiger partial charge in [-0.25, -0.2) is 4.79 Å². The zero-order valence-electron chi connectivity index (χ0n) is 8.03. The smallest absolute Gasteiger partial charge is 0.440 e. The molecule has 0 spiro atoms. The lowest BCUT2D eigenvalue weighted by Crippen LogP contribution is -2.32. The van der Waals surface area contributed by atoms with E-state index in [2.05, 4.69) is 13.8 Å². The van der Waals surface area contributed by atoms with Gasteiger partial charge in [-0.05, 0) is 0 Å². The van der Waals surface area contributed by atoms with Crippen LogP contribution in [-0.4, -0.2) is 32.5 Å². The van der Waals surface area contributed by atoms with E-state index in [0.717, 1.165) is 14.2 Å². The lowest BCUT2D eigenvalue weighted by Gasteiger charge is -2.21. The van der Waals surface area contributed by atoms with E-state index in [9.17, 15) is 18.1 Å². The van der Waals surface area contributed by atoms with E-state index < -0.39 is 25.8 Å². The standard InChI is InChI=1S/C7H9F2O5P/c1-4-5-14-6(10)7(8,9)15(11,12-2)13-3/h1H,5H2,2-3H3. The number of ether oxygens (including phenoxy) is 1. The third kappa shape index (κ3) is 2.75. The first-order chi connectivity index (χ1) is 6.85. The molecule has 0 aliphatic rings. The summed E-state index contributed by atoms with van der Waals surface area (Å²) in [6.07, 6.45) is 4.69. The molecule has 0 unspecified atom stereocenters. The van der Waals surface area contributed by atoms with Crippen LogP contribution < -0.4 is 0 Å². The third-order valence-electron chi connectivity index (χ3n) is 1.36. The van der Waals surface area contributed by atoms with Crippen molar-refractivity contribution in [2.45, 2.75) is 5.66 Å². The van der Waals surface area contributed by atoms with Gasteiger partial charge in [-0.1, -0.05) is 5.92 Å².